The molecule has 0 aliphatic rings. The van der Waals surface area contributed by atoms with Crippen molar-refractivity contribution in [3.63, 3.8) is 0 Å². The number of hydrogen-bond donors (Lipinski definition) is 1. The van der Waals surface area contributed by atoms with Crippen molar-refractivity contribution in [3.8, 4) is 0 Å². The van der Waals surface area contributed by atoms with Crippen LogP contribution < -0.4 is 5.73 Å². The maximum absolute atomic E-state index is 12.5. The lowest BCUT2D eigenvalue weighted by Gasteiger charge is -2.06. The number of carbonyl (C=O) groups excluding carboxylic acids is 1. The van der Waals surface area contributed by atoms with Gasteiger partial charge in [-0.2, -0.15) is 0 Å². The summed E-state index contributed by atoms with van der Waals surface area (Å²) in [4.78, 5) is 18.2. The molecule has 0 unspecified atom stereocenters. The summed E-state index contributed by atoms with van der Waals surface area (Å²) in [7, 11) is 1.09. The number of aromatic nitrogens is 2. The van der Waals surface area contributed by atoms with Crippen LogP contribution in [0.1, 0.15) is 28.3 Å². The van der Waals surface area contributed by atoms with Crippen molar-refractivity contribution in [1.82, 2.24) is 9.97 Å². The first-order valence-electron chi connectivity index (χ1n) is 4.02. The van der Waals surface area contributed by atoms with Gasteiger partial charge in [-0.3, -0.25) is 0 Å². The molecule has 15 heavy (non-hydrogen) atoms. The number of nitrogens with two attached hydrogens (primary N) is 1. The summed E-state index contributed by atoms with van der Waals surface area (Å²) in [5.41, 5.74) is 4.19. The Kier molecular flexibility index (Phi) is 3.62. The molecule has 82 valence electrons. The normalized spacial score (nSPS) is 10.5. The molecule has 0 saturated carbocycles. The first-order valence-corrected chi connectivity index (χ1v) is 4.02. The summed E-state index contributed by atoms with van der Waals surface area (Å²) in [5, 5.41) is 0. The van der Waals surface area contributed by atoms with Gasteiger partial charge in [0.25, 0.3) is 6.43 Å². The lowest BCUT2D eigenvalue weighted by Crippen LogP contribution is -2.13. The van der Waals surface area contributed by atoms with Gasteiger partial charge in [0.2, 0.25) is 0 Å². The Morgan fingerprint density at radius 3 is 2.80 bits per heavy atom. The van der Waals surface area contributed by atoms with Gasteiger partial charge in [0.1, 0.15) is 17.1 Å². The maximum atomic E-state index is 12.5. The number of esters is 1. The van der Waals surface area contributed by atoms with Gasteiger partial charge in [-0.05, 0) is 0 Å². The Bertz CT molecular complexity index is 371. The van der Waals surface area contributed by atoms with Gasteiger partial charge < -0.3 is 10.5 Å². The molecular formula is C8H9F2N3O2. The molecule has 7 heteroatoms. The predicted molar refractivity (Wildman–Crippen MR) is 46.2 cm³/mol. The molecule has 0 atom stereocenters. The van der Waals surface area contributed by atoms with E-state index in [9.17, 15) is 13.6 Å². The zero-order chi connectivity index (χ0) is 11.4. The first kappa shape index (κ1) is 11.4. The molecule has 0 amide bonds. The number of halogens is 2. The van der Waals surface area contributed by atoms with Crippen LogP contribution in [0.2, 0.25) is 0 Å². The molecule has 0 spiro atoms. The minimum Gasteiger partial charge on any atom is -0.465 e. The van der Waals surface area contributed by atoms with E-state index in [1.807, 2.05) is 0 Å². The van der Waals surface area contributed by atoms with Crippen molar-refractivity contribution in [2.24, 2.45) is 5.73 Å². The third-order valence-corrected chi connectivity index (χ3v) is 1.66. The monoisotopic (exact) mass is 217 g/mol. The van der Waals surface area contributed by atoms with Gasteiger partial charge in [-0.25, -0.2) is 23.5 Å². The SMILES string of the molecule is COC(=O)c1cnc(CN)nc1C(F)F. The number of rotatable bonds is 3. The summed E-state index contributed by atoms with van der Waals surface area (Å²) in [6, 6.07) is 0. The molecule has 0 aliphatic heterocycles. The largest absolute Gasteiger partial charge is 0.465 e. The molecule has 0 bridgehead atoms. The number of hydrogen-bond acceptors (Lipinski definition) is 5. The van der Waals surface area contributed by atoms with Crippen LogP contribution in [-0.4, -0.2) is 23.0 Å². The standard InChI is InChI=1S/C8H9F2N3O2/c1-15-8(14)4-3-12-5(2-11)13-6(4)7(9)10/h3,7H,2,11H2,1H3. The van der Waals surface area contributed by atoms with Gasteiger partial charge in [0.05, 0.1) is 13.7 Å². The topological polar surface area (TPSA) is 78.1 Å². The van der Waals surface area contributed by atoms with E-state index in [2.05, 4.69) is 14.7 Å². The molecule has 2 N–H and O–H groups in total. The second-order valence-corrected chi connectivity index (χ2v) is 2.58. The average molecular weight is 217 g/mol. The Hall–Kier alpha value is -1.63. The van der Waals surface area contributed by atoms with E-state index in [1.165, 1.54) is 0 Å². The van der Waals surface area contributed by atoms with Crippen molar-refractivity contribution >= 4 is 5.97 Å². The molecule has 1 rings (SSSR count). The summed E-state index contributed by atoms with van der Waals surface area (Å²) < 4.78 is 29.3. The molecule has 1 aromatic heterocycles. The number of carbonyl (C=O) groups is 1. The lowest BCUT2D eigenvalue weighted by molar-refractivity contribution is 0.0586. The molecule has 5 nitrogen and oxygen atoms in total. The molecule has 1 aromatic rings. The van der Waals surface area contributed by atoms with Crippen molar-refractivity contribution in [1.29, 1.82) is 0 Å². The molecule has 0 fully saturated rings. The van der Waals surface area contributed by atoms with Crippen molar-refractivity contribution in [3.05, 3.63) is 23.3 Å². The smallest absolute Gasteiger partial charge is 0.341 e. The summed E-state index contributed by atoms with van der Waals surface area (Å²) in [6.45, 7) is -0.0683. The highest BCUT2D eigenvalue weighted by molar-refractivity contribution is 5.90. The fraction of sp³-hybridized carbons (Fsp3) is 0.375. The predicted octanol–water partition coefficient (Wildman–Crippen LogP) is 0.659. The van der Waals surface area contributed by atoms with Crippen LogP contribution in [0, 0.1) is 0 Å². The van der Waals surface area contributed by atoms with Gasteiger partial charge in [-0.1, -0.05) is 0 Å². The molecular weight excluding hydrogens is 208 g/mol. The van der Waals surface area contributed by atoms with Gasteiger partial charge in [-0.15, -0.1) is 0 Å². The van der Waals surface area contributed by atoms with E-state index in [-0.39, 0.29) is 17.9 Å². The maximum Gasteiger partial charge on any atom is 0.341 e. The van der Waals surface area contributed by atoms with Crippen LogP contribution in [0.4, 0.5) is 8.78 Å². The van der Waals surface area contributed by atoms with Gasteiger partial charge >= 0.3 is 5.97 Å². The Morgan fingerprint density at radius 2 is 2.33 bits per heavy atom. The van der Waals surface area contributed by atoms with E-state index >= 15 is 0 Å². The van der Waals surface area contributed by atoms with Crippen molar-refractivity contribution in [2.75, 3.05) is 7.11 Å². The van der Waals surface area contributed by atoms with E-state index in [4.69, 9.17) is 5.73 Å². The van der Waals surface area contributed by atoms with Crippen LogP contribution in [0.15, 0.2) is 6.20 Å². The highest BCUT2D eigenvalue weighted by atomic mass is 19.3. The van der Waals surface area contributed by atoms with E-state index in [0.29, 0.717) is 0 Å². The quantitative estimate of drug-likeness (QED) is 0.752. The van der Waals surface area contributed by atoms with Crippen molar-refractivity contribution in [2.45, 2.75) is 13.0 Å². The first-order chi connectivity index (χ1) is 7.10. The molecule has 0 aromatic carbocycles. The minimum absolute atomic E-state index is 0.0537. The Labute approximate surface area is 84.3 Å². The zero-order valence-electron chi connectivity index (χ0n) is 7.91. The fourth-order valence-corrected chi connectivity index (χ4v) is 0.965. The third kappa shape index (κ3) is 2.44. The van der Waals surface area contributed by atoms with Crippen LogP contribution in [-0.2, 0) is 11.3 Å². The highest BCUT2D eigenvalue weighted by Gasteiger charge is 2.21. The number of nitrogens with zero attached hydrogens (tertiary/aromatic N) is 2. The molecule has 0 radical (unpaired) electrons. The van der Waals surface area contributed by atoms with Crippen LogP contribution in [0.3, 0.4) is 0 Å². The lowest BCUT2D eigenvalue weighted by atomic mass is 10.2. The number of ether oxygens (including phenoxy) is 1. The van der Waals surface area contributed by atoms with Crippen LogP contribution in [0.25, 0.3) is 0 Å². The van der Waals surface area contributed by atoms with Gasteiger partial charge in [0.15, 0.2) is 0 Å². The minimum atomic E-state index is -2.87. The summed E-state index contributed by atoms with van der Waals surface area (Å²) in [6.07, 6.45) is -1.88. The Balaban J connectivity index is 3.21. The zero-order valence-corrected chi connectivity index (χ0v) is 7.91. The van der Waals surface area contributed by atoms with Gasteiger partial charge in [0, 0.05) is 6.20 Å². The summed E-state index contributed by atoms with van der Waals surface area (Å²) in [5.74, 6) is -0.841. The molecule has 0 aliphatic carbocycles. The second kappa shape index (κ2) is 4.74. The third-order valence-electron chi connectivity index (χ3n) is 1.66. The van der Waals surface area contributed by atoms with Crippen LogP contribution >= 0.6 is 0 Å². The molecule has 1 heterocycles. The van der Waals surface area contributed by atoms with E-state index < -0.39 is 18.1 Å². The van der Waals surface area contributed by atoms with E-state index in [1.54, 1.807) is 0 Å². The Morgan fingerprint density at radius 1 is 1.67 bits per heavy atom. The highest BCUT2D eigenvalue weighted by Crippen LogP contribution is 2.20. The fourth-order valence-electron chi connectivity index (χ4n) is 0.965. The summed E-state index contributed by atoms with van der Waals surface area (Å²) >= 11 is 0. The number of methoxy groups -OCH3 is 1. The van der Waals surface area contributed by atoms with Crippen molar-refractivity contribution < 1.29 is 18.3 Å². The second-order valence-electron chi connectivity index (χ2n) is 2.58. The average Bonchev–Trinajstić information content (AvgIpc) is 2.27. The molecule has 0 saturated heterocycles. The number of alkyl halides is 2. The van der Waals surface area contributed by atoms with Crippen LogP contribution in [0.5, 0.6) is 0 Å². The van der Waals surface area contributed by atoms with E-state index in [0.717, 1.165) is 13.3 Å².